The van der Waals surface area contributed by atoms with E-state index in [2.05, 4.69) is 6.92 Å². The summed E-state index contributed by atoms with van der Waals surface area (Å²) in [5.74, 6) is -0.340. The van der Waals surface area contributed by atoms with Crippen LogP contribution in [-0.2, 0) is 0 Å². The van der Waals surface area contributed by atoms with E-state index in [0.29, 0.717) is 23.0 Å². The van der Waals surface area contributed by atoms with Gasteiger partial charge in [0.15, 0.2) is 0 Å². The third-order valence-corrected chi connectivity index (χ3v) is 6.83. The number of hydrogen-bond acceptors (Lipinski definition) is 2. The van der Waals surface area contributed by atoms with E-state index in [9.17, 15) is 19.8 Å². The van der Waals surface area contributed by atoms with Gasteiger partial charge in [-0.2, -0.15) is 0 Å². The van der Waals surface area contributed by atoms with Crippen LogP contribution < -0.4 is 0 Å². The molecular formula is C26H30O4. The summed E-state index contributed by atoms with van der Waals surface area (Å²) >= 11 is 0. The molecule has 4 nitrogen and oxygen atoms in total. The molecule has 0 aromatic heterocycles. The number of carboxylic acids is 2. The van der Waals surface area contributed by atoms with Gasteiger partial charge >= 0.3 is 11.9 Å². The Morgan fingerprint density at radius 3 is 2.10 bits per heavy atom. The maximum Gasteiger partial charge on any atom is 0.336 e. The van der Waals surface area contributed by atoms with E-state index in [1.54, 1.807) is 0 Å². The molecule has 2 aromatic rings. The molecule has 3 atom stereocenters. The van der Waals surface area contributed by atoms with Crippen molar-refractivity contribution in [2.75, 3.05) is 0 Å². The minimum Gasteiger partial charge on any atom is -0.478 e. The van der Waals surface area contributed by atoms with Crippen LogP contribution in [0.15, 0.2) is 36.4 Å². The van der Waals surface area contributed by atoms with Crippen molar-refractivity contribution in [2.24, 2.45) is 5.92 Å². The van der Waals surface area contributed by atoms with Gasteiger partial charge in [-0.05, 0) is 77.5 Å². The SMILES string of the molecule is CC(C)c1cccc(C(C)CC2CC2c2cccc(C3CC3)c2C(=O)O)c1C(=O)O. The Kier molecular flexibility index (Phi) is 5.44. The average Bonchev–Trinajstić information content (AvgIpc) is 3.61. The lowest BCUT2D eigenvalue weighted by Crippen LogP contribution is -2.11. The first-order valence-electron chi connectivity index (χ1n) is 11.0. The largest absolute Gasteiger partial charge is 0.478 e. The first-order chi connectivity index (χ1) is 14.3. The average molecular weight is 407 g/mol. The van der Waals surface area contributed by atoms with Gasteiger partial charge in [-0.3, -0.25) is 0 Å². The Hall–Kier alpha value is -2.62. The standard InChI is InChI=1S/C26H30O4/c1-14(2)18-6-4-7-19(23(18)25(27)28)15(3)12-17-13-22(17)21-9-5-8-20(16-10-11-16)24(21)26(29)30/h4-9,14-17,22H,10-13H2,1-3H3,(H,27,28)(H,29,30). The summed E-state index contributed by atoms with van der Waals surface area (Å²) < 4.78 is 0. The van der Waals surface area contributed by atoms with E-state index in [1.165, 1.54) is 0 Å². The lowest BCUT2D eigenvalue weighted by atomic mass is 9.85. The second-order valence-corrected chi connectivity index (χ2v) is 9.40. The van der Waals surface area contributed by atoms with Gasteiger partial charge in [0.2, 0.25) is 0 Å². The number of rotatable bonds is 8. The van der Waals surface area contributed by atoms with E-state index < -0.39 is 11.9 Å². The highest BCUT2D eigenvalue weighted by molar-refractivity contribution is 5.92. The Morgan fingerprint density at radius 2 is 1.50 bits per heavy atom. The van der Waals surface area contributed by atoms with Crippen molar-refractivity contribution >= 4 is 11.9 Å². The van der Waals surface area contributed by atoms with E-state index in [1.807, 2.05) is 50.2 Å². The third kappa shape index (κ3) is 3.88. The zero-order valence-corrected chi connectivity index (χ0v) is 17.9. The van der Waals surface area contributed by atoms with Crippen molar-refractivity contribution < 1.29 is 19.8 Å². The molecule has 4 rings (SSSR count). The van der Waals surface area contributed by atoms with Crippen molar-refractivity contribution in [1.29, 1.82) is 0 Å². The van der Waals surface area contributed by atoms with Gasteiger partial charge in [0.05, 0.1) is 11.1 Å². The van der Waals surface area contributed by atoms with Gasteiger partial charge in [0.1, 0.15) is 0 Å². The molecule has 4 heteroatoms. The van der Waals surface area contributed by atoms with E-state index in [0.717, 1.165) is 47.9 Å². The molecule has 2 aliphatic rings. The summed E-state index contributed by atoms with van der Waals surface area (Å²) in [5.41, 5.74) is 4.70. The summed E-state index contributed by atoms with van der Waals surface area (Å²) in [6.07, 6.45) is 4.02. The molecule has 2 saturated carbocycles. The van der Waals surface area contributed by atoms with Crippen LogP contribution in [0, 0.1) is 5.92 Å². The molecule has 0 radical (unpaired) electrons. The van der Waals surface area contributed by atoms with Crippen molar-refractivity contribution in [3.05, 3.63) is 69.8 Å². The maximum atomic E-state index is 12.0. The molecule has 0 amide bonds. The van der Waals surface area contributed by atoms with E-state index in [4.69, 9.17) is 0 Å². The van der Waals surface area contributed by atoms with Crippen LogP contribution in [-0.4, -0.2) is 22.2 Å². The van der Waals surface area contributed by atoms with Crippen LogP contribution in [0.1, 0.15) is 113 Å². The Bertz CT molecular complexity index is 987. The minimum atomic E-state index is -0.862. The molecule has 30 heavy (non-hydrogen) atoms. The molecule has 0 aliphatic heterocycles. The topological polar surface area (TPSA) is 74.6 Å². The van der Waals surface area contributed by atoms with Crippen molar-refractivity contribution in [3.8, 4) is 0 Å². The van der Waals surface area contributed by atoms with Crippen molar-refractivity contribution in [3.63, 3.8) is 0 Å². The van der Waals surface area contributed by atoms with E-state index in [-0.39, 0.29) is 17.8 Å². The third-order valence-electron chi connectivity index (χ3n) is 6.83. The smallest absolute Gasteiger partial charge is 0.336 e. The maximum absolute atomic E-state index is 12.0. The van der Waals surface area contributed by atoms with Crippen LogP contribution in [0.4, 0.5) is 0 Å². The lowest BCUT2D eigenvalue weighted by molar-refractivity contribution is 0.0682. The van der Waals surface area contributed by atoms with E-state index >= 15 is 0 Å². The molecule has 0 heterocycles. The normalized spacial score (nSPS) is 21.5. The lowest BCUT2D eigenvalue weighted by Gasteiger charge is -2.19. The first-order valence-corrected chi connectivity index (χ1v) is 11.0. The number of aromatic carboxylic acids is 2. The predicted octanol–water partition coefficient (Wildman–Crippen LogP) is 6.38. The minimum absolute atomic E-state index is 0.115. The first kappa shape index (κ1) is 20.6. The highest BCUT2D eigenvalue weighted by atomic mass is 16.4. The van der Waals surface area contributed by atoms with Crippen molar-refractivity contribution in [1.82, 2.24) is 0 Å². The highest BCUT2D eigenvalue weighted by Gasteiger charge is 2.42. The summed E-state index contributed by atoms with van der Waals surface area (Å²) in [4.78, 5) is 24.0. The monoisotopic (exact) mass is 406 g/mol. The van der Waals surface area contributed by atoms with Crippen LogP contribution in [0.5, 0.6) is 0 Å². The Balaban J connectivity index is 1.56. The van der Waals surface area contributed by atoms with Gasteiger partial charge in [0, 0.05) is 0 Å². The fraction of sp³-hybridized carbons (Fsp3) is 0.462. The number of carbonyl (C=O) groups is 2. The summed E-state index contributed by atoms with van der Waals surface area (Å²) in [6.45, 7) is 6.14. The highest BCUT2D eigenvalue weighted by Crippen LogP contribution is 2.54. The predicted molar refractivity (Wildman–Crippen MR) is 117 cm³/mol. The molecular weight excluding hydrogens is 376 g/mol. The quantitative estimate of drug-likeness (QED) is 0.533. The fourth-order valence-corrected chi connectivity index (χ4v) is 5.08. The van der Waals surface area contributed by atoms with Crippen LogP contribution in [0.3, 0.4) is 0 Å². The Labute approximate surface area is 177 Å². The molecule has 2 aromatic carbocycles. The molecule has 3 unspecified atom stereocenters. The zero-order chi connectivity index (χ0) is 21.6. The van der Waals surface area contributed by atoms with Gasteiger partial charge in [-0.15, -0.1) is 0 Å². The number of carboxylic acid groups (broad SMARTS) is 2. The number of hydrogen-bond donors (Lipinski definition) is 2. The molecule has 0 saturated heterocycles. The fourth-order valence-electron chi connectivity index (χ4n) is 5.08. The second-order valence-electron chi connectivity index (χ2n) is 9.40. The van der Waals surface area contributed by atoms with Gasteiger partial charge in [-0.25, -0.2) is 9.59 Å². The van der Waals surface area contributed by atoms with Crippen molar-refractivity contribution in [2.45, 2.75) is 70.1 Å². The summed E-state index contributed by atoms with van der Waals surface area (Å²) in [7, 11) is 0. The molecule has 0 bridgehead atoms. The van der Waals surface area contributed by atoms with Gasteiger partial charge < -0.3 is 10.2 Å². The number of benzene rings is 2. The van der Waals surface area contributed by atoms with Crippen LogP contribution in [0.25, 0.3) is 0 Å². The van der Waals surface area contributed by atoms with Gasteiger partial charge in [0.25, 0.3) is 0 Å². The molecule has 0 spiro atoms. The second kappa shape index (κ2) is 7.90. The molecule has 158 valence electrons. The van der Waals surface area contributed by atoms with Crippen LogP contribution >= 0.6 is 0 Å². The Morgan fingerprint density at radius 1 is 0.900 bits per heavy atom. The van der Waals surface area contributed by atoms with Crippen LogP contribution in [0.2, 0.25) is 0 Å². The zero-order valence-electron chi connectivity index (χ0n) is 17.9. The summed E-state index contributed by atoms with van der Waals surface area (Å²) in [6, 6.07) is 11.8. The molecule has 2 aliphatic carbocycles. The summed E-state index contributed by atoms with van der Waals surface area (Å²) in [5, 5.41) is 19.7. The van der Waals surface area contributed by atoms with Gasteiger partial charge in [-0.1, -0.05) is 57.2 Å². The molecule has 2 fully saturated rings. The molecule has 2 N–H and O–H groups in total.